The van der Waals surface area contributed by atoms with Gasteiger partial charge in [0.15, 0.2) is 5.65 Å². The minimum atomic E-state index is 0.235. The average Bonchev–Trinajstić information content (AvgIpc) is 3.00. The molecule has 5 heteroatoms. The second-order valence-corrected chi connectivity index (χ2v) is 6.97. The number of pyridine rings is 1. The van der Waals surface area contributed by atoms with Crippen molar-refractivity contribution < 1.29 is 4.79 Å². The van der Waals surface area contributed by atoms with Gasteiger partial charge in [-0.25, -0.2) is 4.98 Å². The van der Waals surface area contributed by atoms with Gasteiger partial charge in [-0.1, -0.05) is 0 Å². The molecule has 0 aromatic carbocycles. The van der Waals surface area contributed by atoms with Gasteiger partial charge in [-0.2, -0.15) is 0 Å². The van der Waals surface area contributed by atoms with E-state index in [1.54, 1.807) is 0 Å². The minimum absolute atomic E-state index is 0.235. The number of aromatic nitrogens is 2. The van der Waals surface area contributed by atoms with E-state index < -0.39 is 0 Å². The number of fused-ring (bicyclic) bond motifs is 3. The van der Waals surface area contributed by atoms with Gasteiger partial charge in [0.2, 0.25) is 5.91 Å². The Kier molecular flexibility index (Phi) is 2.48. The van der Waals surface area contributed by atoms with Gasteiger partial charge in [0.05, 0.1) is 11.4 Å². The summed E-state index contributed by atoms with van der Waals surface area (Å²) in [5.74, 6) is 1.18. The molecule has 2 unspecified atom stereocenters. The Hall–Kier alpha value is -1.88. The summed E-state index contributed by atoms with van der Waals surface area (Å²) in [6, 6.07) is 2.58. The number of rotatable bonds is 3. The minimum Gasteiger partial charge on any atom is -0.325 e. The normalized spacial score (nSPS) is 27.3. The highest BCUT2D eigenvalue weighted by Gasteiger charge is 2.46. The van der Waals surface area contributed by atoms with Gasteiger partial charge in [0, 0.05) is 30.9 Å². The maximum atomic E-state index is 12.6. The summed E-state index contributed by atoms with van der Waals surface area (Å²) in [6.07, 6.45) is 9.88. The Bertz CT molecular complexity index is 776. The standard InChI is InChI=1S/C17H20N4O/c18-7-13-9-20-8-12(10-1-2-10)6-15(16(20)19-13)21-14-4-3-11(5-14)17(21)22/h6,8-11,14H,1-5,7,18H2. The number of anilines is 1. The molecule has 1 aliphatic heterocycles. The first kappa shape index (κ1) is 12.6. The topological polar surface area (TPSA) is 63.6 Å². The van der Waals surface area contributed by atoms with E-state index in [9.17, 15) is 4.79 Å². The van der Waals surface area contributed by atoms with Crippen molar-refractivity contribution in [1.29, 1.82) is 0 Å². The monoisotopic (exact) mass is 296 g/mol. The highest BCUT2D eigenvalue weighted by atomic mass is 16.2. The molecule has 3 aliphatic rings. The third kappa shape index (κ3) is 1.69. The van der Waals surface area contributed by atoms with E-state index in [2.05, 4.69) is 21.6 Å². The Morgan fingerprint density at radius 3 is 2.68 bits per heavy atom. The van der Waals surface area contributed by atoms with Crippen LogP contribution in [0.1, 0.15) is 49.3 Å². The molecule has 2 atom stereocenters. The third-order valence-corrected chi connectivity index (χ3v) is 5.48. The maximum absolute atomic E-state index is 12.6. The van der Waals surface area contributed by atoms with Gasteiger partial charge < -0.3 is 15.0 Å². The number of nitrogens with zero attached hydrogens (tertiary/aromatic N) is 3. The molecule has 2 saturated carbocycles. The molecule has 2 N–H and O–H groups in total. The first-order valence-corrected chi connectivity index (χ1v) is 8.29. The van der Waals surface area contributed by atoms with Crippen LogP contribution in [0, 0.1) is 5.92 Å². The van der Waals surface area contributed by atoms with Gasteiger partial charge in [-0.3, -0.25) is 4.79 Å². The fourth-order valence-corrected chi connectivity index (χ4v) is 4.18. The second-order valence-electron chi connectivity index (χ2n) is 6.97. The third-order valence-electron chi connectivity index (χ3n) is 5.48. The van der Waals surface area contributed by atoms with Crippen LogP contribution in [0.2, 0.25) is 0 Å². The summed E-state index contributed by atoms with van der Waals surface area (Å²) in [5.41, 5.74) is 9.85. The van der Waals surface area contributed by atoms with E-state index in [1.807, 2.05) is 11.1 Å². The van der Waals surface area contributed by atoms with Crippen molar-refractivity contribution in [3.63, 3.8) is 0 Å². The predicted molar refractivity (Wildman–Crippen MR) is 83.7 cm³/mol. The van der Waals surface area contributed by atoms with Crippen LogP contribution in [0.3, 0.4) is 0 Å². The molecule has 5 rings (SSSR count). The molecule has 1 saturated heterocycles. The number of imidazole rings is 1. The lowest BCUT2D eigenvalue weighted by atomic mass is 10.1. The van der Waals surface area contributed by atoms with Crippen molar-refractivity contribution in [3.05, 3.63) is 29.7 Å². The zero-order chi connectivity index (χ0) is 14.8. The highest BCUT2D eigenvalue weighted by molar-refractivity contribution is 6.01. The van der Waals surface area contributed by atoms with Gasteiger partial charge in [0.25, 0.3) is 0 Å². The smallest absolute Gasteiger partial charge is 0.230 e. The molecule has 2 aromatic heterocycles. The van der Waals surface area contributed by atoms with Crippen molar-refractivity contribution in [1.82, 2.24) is 9.38 Å². The van der Waals surface area contributed by atoms with E-state index >= 15 is 0 Å². The molecule has 1 amide bonds. The number of carbonyl (C=O) groups is 1. The lowest BCUT2D eigenvalue weighted by molar-refractivity contribution is -0.121. The van der Waals surface area contributed by atoms with Crippen LogP contribution < -0.4 is 10.6 Å². The number of nitrogens with two attached hydrogens (primary N) is 1. The largest absolute Gasteiger partial charge is 0.325 e. The van der Waals surface area contributed by atoms with Crippen LogP contribution in [-0.4, -0.2) is 21.3 Å². The van der Waals surface area contributed by atoms with E-state index in [0.29, 0.717) is 24.4 Å². The van der Waals surface area contributed by atoms with Crippen LogP contribution in [0.5, 0.6) is 0 Å². The predicted octanol–water partition coefficient (Wildman–Crippen LogP) is 2.19. The van der Waals surface area contributed by atoms with E-state index in [4.69, 9.17) is 5.73 Å². The van der Waals surface area contributed by atoms with Crippen molar-refractivity contribution in [2.24, 2.45) is 11.7 Å². The Morgan fingerprint density at radius 1 is 1.18 bits per heavy atom. The summed E-state index contributed by atoms with van der Waals surface area (Å²) in [6.45, 7) is 0.430. The molecule has 2 bridgehead atoms. The molecular weight excluding hydrogens is 276 g/mol. The van der Waals surface area contributed by atoms with Crippen molar-refractivity contribution >= 4 is 17.2 Å². The molecular formula is C17H20N4O. The highest BCUT2D eigenvalue weighted by Crippen LogP contribution is 2.45. The quantitative estimate of drug-likeness (QED) is 0.944. The number of hydrogen-bond donors (Lipinski definition) is 1. The van der Waals surface area contributed by atoms with Crippen molar-refractivity contribution in [2.45, 2.75) is 50.6 Å². The lowest BCUT2D eigenvalue weighted by Gasteiger charge is -2.28. The van der Waals surface area contributed by atoms with Gasteiger partial charge in [0.1, 0.15) is 0 Å². The zero-order valence-electron chi connectivity index (χ0n) is 12.5. The summed E-state index contributed by atoms with van der Waals surface area (Å²) >= 11 is 0. The number of piperidine rings is 1. The van der Waals surface area contributed by atoms with E-state index in [-0.39, 0.29) is 5.92 Å². The molecule has 3 fully saturated rings. The van der Waals surface area contributed by atoms with Crippen LogP contribution >= 0.6 is 0 Å². The van der Waals surface area contributed by atoms with Crippen molar-refractivity contribution in [2.75, 3.05) is 4.90 Å². The molecule has 3 heterocycles. The molecule has 22 heavy (non-hydrogen) atoms. The molecule has 5 nitrogen and oxygen atoms in total. The van der Waals surface area contributed by atoms with Gasteiger partial charge in [-0.05, 0) is 49.7 Å². The molecule has 0 spiro atoms. The Labute approximate surface area is 129 Å². The summed E-state index contributed by atoms with van der Waals surface area (Å²) in [4.78, 5) is 19.3. The maximum Gasteiger partial charge on any atom is 0.230 e. The molecule has 114 valence electrons. The van der Waals surface area contributed by atoms with E-state index in [1.165, 1.54) is 18.4 Å². The van der Waals surface area contributed by atoms with Gasteiger partial charge >= 0.3 is 0 Å². The SMILES string of the molecule is NCc1cn2cc(C3CC3)cc(N3C(=O)C4CCC3C4)c2n1. The van der Waals surface area contributed by atoms with Crippen LogP contribution in [0.25, 0.3) is 5.65 Å². The summed E-state index contributed by atoms with van der Waals surface area (Å²) in [7, 11) is 0. The van der Waals surface area contributed by atoms with Gasteiger partial charge in [-0.15, -0.1) is 0 Å². The number of carbonyl (C=O) groups excluding carboxylic acids is 1. The first-order valence-electron chi connectivity index (χ1n) is 8.29. The van der Waals surface area contributed by atoms with Crippen molar-refractivity contribution in [3.8, 4) is 0 Å². The molecule has 0 radical (unpaired) electrons. The average molecular weight is 296 g/mol. The number of amides is 1. The first-order chi connectivity index (χ1) is 10.7. The lowest BCUT2D eigenvalue weighted by Crippen LogP contribution is -2.37. The Balaban J connectivity index is 1.70. The van der Waals surface area contributed by atoms with E-state index in [0.717, 1.165) is 36.3 Å². The fourth-order valence-electron chi connectivity index (χ4n) is 4.18. The zero-order valence-corrected chi connectivity index (χ0v) is 12.5. The Morgan fingerprint density at radius 2 is 2.00 bits per heavy atom. The van der Waals surface area contributed by atoms with Crippen LogP contribution in [-0.2, 0) is 11.3 Å². The molecule has 2 aromatic rings. The molecule has 2 aliphatic carbocycles. The fraction of sp³-hybridized carbons (Fsp3) is 0.529. The summed E-state index contributed by atoms with van der Waals surface area (Å²) in [5, 5.41) is 0. The van der Waals surface area contributed by atoms with Crippen LogP contribution in [0.4, 0.5) is 5.69 Å². The second kappa shape index (κ2) is 4.32. The van der Waals surface area contributed by atoms with Crippen LogP contribution in [0.15, 0.2) is 18.5 Å². The summed E-state index contributed by atoms with van der Waals surface area (Å²) < 4.78 is 2.07. The number of hydrogen-bond acceptors (Lipinski definition) is 3.